The normalized spacial score (nSPS) is 21.7. The summed E-state index contributed by atoms with van der Waals surface area (Å²) in [7, 11) is 0. The van der Waals surface area contributed by atoms with E-state index in [-0.39, 0.29) is 23.8 Å². The van der Waals surface area contributed by atoms with E-state index in [1.807, 2.05) is 22.6 Å². The molecule has 2 aliphatic rings. The molecule has 0 saturated carbocycles. The summed E-state index contributed by atoms with van der Waals surface area (Å²) in [4.78, 5) is 27.5. The number of nitrogens with zero attached hydrogens (tertiary/aromatic N) is 2. The first-order valence-corrected chi connectivity index (χ1v) is 7.43. The minimum Gasteiger partial charge on any atom is -0.336 e. The maximum atomic E-state index is 13.1. The summed E-state index contributed by atoms with van der Waals surface area (Å²) < 4.78 is 13.7. The van der Waals surface area contributed by atoms with Crippen LogP contribution in [0.3, 0.4) is 0 Å². The van der Waals surface area contributed by atoms with Crippen molar-refractivity contribution in [2.45, 2.75) is 6.04 Å². The van der Waals surface area contributed by atoms with Crippen LogP contribution in [0.25, 0.3) is 0 Å². The summed E-state index contributed by atoms with van der Waals surface area (Å²) in [6.45, 7) is 2.14. The monoisotopic (exact) mass is 389 g/mol. The van der Waals surface area contributed by atoms with Gasteiger partial charge in [0.2, 0.25) is 0 Å². The van der Waals surface area contributed by atoms with Crippen molar-refractivity contribution in [3.8, 4) is 0 Å². The lowest BCUT2D eigenvalue weighted by Gasteiger charge is -2.36. The summed E-state index contributed by atoms with van der Waals surface area (Å²) in [5, 5.41) is 2.78. The van der Waals surface area contributed by atoms with E-state index in [0.29, 0.717) is 35.3 Å². The highest BCUT2D eigenvalue weighted by Crippen LogP contribution is 2.20. The van der Waals surface area contributed by atoms with Gasteiger partial charge in [-0.15, -0.1) is 0 Å². The molecule has 0 spiro atoms. The quantitative estimate of drug-likeness (QED) is 0.736. The number of urea groups is 1. The zero-order valence-electron chi connectivity index (χ0n) is 10.6. The molecule has 1 N–H and O–H groups in total. The van der Waals surface area contributed by atoms with E-state index in [2.05, 4.69) is 5.32 Å². The molecule has 20 heavy (non-hydrogen) atoms. The number of carbonyl (C=O) groups is 2. The van der Waals surface area contributed by atoms with Gasteiger partial charge >= 0.3 is 6.03 Å². The van der Waals surface area contributed by atoms with Gasteiger partial charge in [-0.05, 0) is 40.8 Å². The molecule has 3 rings (SSSR count). The highest BCUT2D eigenvalue weighted by Gasteiger charge is 2.37. The maximum Gasteiger partial charge on any atom is 0.317 e. The molecule has 2 saturated heterocycles. The van der Waals surface area contributed by atoms with Crippen LogP contribution in [-0.2, 0) is 0 Å². The van der Waals surface area contributed by atoms with Crippen LogP contribution in [0.15, 0.2) is 18.2 Å². The molecule has 106 valence electrons. The van der Waals surface area contributed by atoms with Gasteiger partial charge in [0.05, 0.1) is 11.6 Å². The highest BCUT2D eigenvalue weighted by molar-refractivity contribution is 14.1. The van der Waals surface area contributed by atoms with Crippen LogP contribution < -0.4 is 5.32 Å². The molecular weight excluding hydrogens is 376 g/mol. The fourth-order valence-corrected chi connectivity index (χ4v) is 3.33. The van der Waals surface area contributed by atoms with E-state index in [4.69, 9.17) is 0 Å². The standard InChI is InChI=1S/C13H13FIN3O2/c14-8-1-2-10(11(15)5-8)12(19)17-3-4-18-9(7-17)6-16-13(18)20/h1-2,5,9H,3-4,6-7H2,(H,16,20). The van der Waals surface area contributed by atoms with Crippen LogP contribution in [0.4, 0.5) is 9.18 Å². The number of hydrogen-bond donors (Lipinski definition) is 1. The number of nitrogens with one attached hydrogen (secondary N) is 1. The van der Waals surface area contributed by atoms with Crippen molar-refractivity contribution in [2.75, 3.05) is 26.2 Å². The highest BCUT2D eigenvalue weighted by atomic mass is 127. The number of halogens is 2. The van der Waals surface area contributed by atoms with E-state index >= 15 is 0 Å². The number of fused-ring (bicyclic) bond motifs is 1. The third-order valence-corrected chi connectivity index (χ3v) is 4.57. The van der Waals surface area contributed by atoms with E-state index < -0.39 is 0 Å². The Morgan fingerprint density at radius 3 is 2.95 bits per heavy atom. The van der Waals surface area contributed by atoms with Crippen LogP contribution in [0, 0.1) is 9.39 Å². The molecule has 2 aliphatic heterocycles. The fraction of sp³-hybridized carbons (Fsp3) is 0.385. The molecular formula is C13H13FIN3O2. The summed E-state index contributed by atoms with van der Waals surface area (Å²) in [6.07, 6.45) is 0. The zero-order valence-corrected chi connectivity index (χ0v) is 12.8. The largest absolute Gasteiger partial charge is 0.336 e. The van der Waals surface area contributed by atoms with Crippen molar-refractivity contribution >= 4 is 34.5 Å². The summed E-state index contributed by atoms with van der Waals surface area (Å²) >= 11 is 1.97. The Morgan fingerprint density at radius 1 is 1.40 bits per heavy atom. The van der Waals surface area contributed by atoms with Crippen molar-refractivity contribution < 1.29 is 14.0 Å². The smallest absolute Gasteiger partial charge is 0.317 e. The Hall–Kier alpha value is -1.38. The molecule has 1 aromatic rings. The van der Waals surface area contributed by atoms with Gasteiger partial charge in [-0.1, -0.05) is 0 Å². The Bertz CT molecular complexity index is 581. The first-order valence-electron chi connectivity index (χ1n) is 6.35. The van der Waals surface area contributed by atoms with Crippen LogP contribution in [-0.4, -0.2) is 54.0 Å². The van der Waals surface area contributed by atoms with Crippen molar-refractivity contribution in [1.29, 1.82) is 0 Å². The average molecular weight is 389 g/mol. The minimum absolute atomic E-state index is 0.0401. The second-order valence-electron chi connectivity index (χ2n) is 4.91. The van der Waals surface area contributed by atoms with Crippen molar-refractivity contribution in [3.05, 3.63) is 33.1 Å². The SMILES string of the molecule is O=C(c1ccc(F)cc1I)N1CCN2C(=O)NCC2C1. The number of amides is 3. The second kappa shape index (κ2) is 5.19. The van der Waals surface area contributed by atoms with Crippen LogP contribution in [0.1, 0.15) is 10.4 Å². The lowest BCUT2D eigenvalue weighted by Crippen LogP contribution is -2.53. The van der Waals surface area contributed by atoms with Gasteiger partial charge in [0.1, 0.15) is 5.82 Å². The molecule has 0 bridgehead atoms. The Morgan fingerprint density at radius 2 is 2.20 bits per heavy atom. The Balaban J connectivity index is 1.77. The van der Waals surface area contributed by atoms with Crippen LogP contribution in [0.2, 0.25) is 0 Å². The summed E-state index contributed by atoms with van der Waals surface area (Å²) in [5.41, 5.74) is 0.512. The van der Waals surface area contributed by atoms with E-state index in [1.54, 1.807) is 9.80 Å². The molecule has 3 amide bonds. The molecule has 5 nitrogen and oxygen atoms in total. The molecule has 2 heterocycles. The maximum absolute atomic E-state index is 13.1. The van der Waals surface area contributed by atoms with Gasteiger partial charge in [-0.25, -0.2) is 9.18 Å². The van der Waals surface area contributed by atoms with E-state index in [9.17, 15) is 14.0 Å². The molecule has 2 fully saturated rings. The summed E-state index contributed by atoms with van der Waals surface area (Å²) in [6, 6.07) is 4.15. The number of carbonyl (C=O) groups excluding carboxylic acids is 2. The third kappa shape index (κ3) is 2.34. The van der Waals surface area contributed by atoms with Gasteiger partial charge in [0, 0.05) is 29.7 Å². The molecule has 0 aliphatic carbocycles. The number of hydrogen-bond acceptors (Lipinski definition) is 2. The van der Waals surface area contributed by atoms with E-state index in [1.165, 1.54) is 18.2 Å². The van der Waals surface area contributed by atoms with Gasteiger partial charge in [0.25, 0.3) is 5.91 Å². The molecule has 1 aromatic carbocycles. The molecule has 1 atom stereocenters. The summed E-state index contributed by atoms with van der Waals surface area (Å²) in [5.74, 6) is -0.449. The van der Waals surface area contributed by atoms with Gasteiger partial charge in [0.15, 0.2) is 0 Å². The van der Waals surface area contributed by atoms with Crippen molar-refractivity contribution in [2.24, 2.45) is 0 Å². The second-order valence-corrected chi connectivity index (χ2v) is 6.07. The molecule has 1 unspecified atom stereocenters. The lowest BCUT2D eigenvalue weighted by atomic mass is 10.1. The topological polar surface area (TPSA) is 52.7 Å². The Labute approximate surface area is 129 Å². The fourth-order valence-electron chi connectivity index (χ4n) is 2.62. The van der Waals surface area contributed by atoms with Crippen LogP contribution in [0.5, 0.6) is 0 Å². The first kappa shape index (κ1) is 13.6. The van der Waals surface area contributed by atoms with Gasteiger partial charge < -0.3 is 15.1 Å². The Kier molecular flexibility index (Phi) is 3.53. The van der Waals surface area contributed by atoms with E-state index in [0.717, 1.165) is 0 Å². The van der Waals surface area contributed by atoms with Gasteiger partial charge in [-0.3, -0.25) is 4.79 Å². The number of benzene rings is 1. The third-order valence-electron chi connectivity index (χ3n) is 3.68. The van der Waals surface area contributed by atoms with Crippen LogP contribution >= 0.6 is 22.6 Å². The number of piperazine rings is 1. The molecule has 7 heteroatoms. The lowest BCUT2D eigenvalue weighted by molar-refractivity contribution is 0.0616. The van der Waals surface area contributed by atoms with Crippen molar-refractivity contribution in [1.82, 2.24) is 15.1 Å². The minimum atomic E-state index is -0.346. The first-order chi connectivity index (χ1) is 9.56. The average Bonchev–Trinajstić information content (AvgIpc) is 2.79. The predicted octanol–water partition coefficient (Wildman–Crippen LogP) is 1.28. The number of rotatable bonds is 1. The van der Waals surface area contributed by atoms with Crippen molar-refractivity contribution in [3.63, 3.8) is 0 Å². The van der Waals surface area contributed by atoms with Gasteiger partial charge in [-0.2, -0.15) is 0 Å². The molecule has 0 aromatic heterocycles. The zero-order chi connectivity index (χ0) is 14.3. The predicted molar refractivity (Wildman–Crippen MR) is 78.9 cm³/mol. The molecule has 0 radical (unpaired) electrons.